The van der Waals surface area contributed by atoms with E-state index in [-0.39, 0.29) is 12.3 Å². The molecule has 0 spiro atoms. The van der Waals surface area contributed by atoms with Crippen LogP contribution in [0.4, 0.5) is 0 Å². The molecular formula is C12H24N2O3S. The molecule has 1 saturated heterocycles. The third kappa shape index (κ3) is 4.19. The number of β-amino-alcohol motifs (C(OH)–C–C–N with tert-alkyl or cyclic N) is 1. The molecule has 0 amide bonds. The van der Waals surface area contributed by atoms with E-state index in [9.17, 15) is 13.5 Å². The lowest BCUT2D eigenvalue weighted by molar-refractivity contribution is 0.0218. The second-order valence-electron chi connectivity index (χ2n) is 5.76. The molecule has 0 bridgehead atoms. The molecule has 3 N–H and O–H groups in total. The van der Waals surface area contributed by atoms with E-state index >= 15 is 0 Å². The SMILES string of the molecule is O=S(=O)(CC1CCCC1)NCC1(O)CCCNC1. The van der Waals surface area contributed by atoms with Crippen LogP contribution in [0.3, 0.4) is 0 Å². The lowest BCUT2D eigenvalue weighted by atomic mass is 9.95. The predicted molar refractivity (Wildman–Crippen MR) is 70.8 cm³/mol. The van der Waals surface area contributed by atoms with Crippen LogP contribution in [-0.2, 0) is 10.0 Å². The maximum Gasteiger partial charge on any atom is 0.211 e. The molecule has 1 aliphatic heterocycles. The van der Waals surface area contributed by atoms with Gasteiger partial charge in [-0.25, -0.2) is 13.1 Å². The van der Waals surface area contributed by atoms with Gasteiger partial charge in [-0.1, -0.05) is 12.8 Å². The van der Waals surface area contributed by atoms with Gasteiger partial charge in [0.25, 0.3) is 0 Å². The molecule has 2 rings (SSSR count). The average Bonchev–Trinajstić information content (AvgIpc) is 2.80. The largest absolute Gasteiger partial charge is 0.387 e. The highest BCUT2D eigenvalue weighted by molar-refractivity contribution is 7.89. The maximum absolute atomic E-state index is 11.9. The van der Waals surface area contributed by atoms with Crippen LogP contribution in [-0.4, -0.2) is 44.5 Å². The summed E-state index contributed by atoms with van der Waals surface area (Å²) in [6, 6.07) is 0. The first-order valence-corrected chi connectivity index (χ1v) is 8.55. The minimum absolute atomic E-state index is 0.134. The molecule has 18 heavy (non-hydrogen) atoms. The van der Waals surface area contributed by atoms with Crippen molar-refractivity contribution >= 4 is 10.0 Å². The van der Waals surface area contributed by atoms with Crippen LogP contribution in [0, 0.1) is 5.92 Å². The summed E-state index contributed by atoms with van der Waals surface area (Å²) in [6.07, 6.45) is 5.88. The highest BCUT2D eigenvalue weighted by atomic mass is 32.2. The molecule has 1 aliphatic carbocycles. The van der Waals surface area contributed by atoms with Crippen molar-refractivity contribution < 1.29 is 13.5 Å². The lowest BCUT2D eigenvalue weighted by Gasteiger charge is -2.32. The van der Waals surface area contributed by atoms with E-state index in [1.807, 2.05) is 0 Å². The first-order chi connectivity index (χ1) is 8.49. The molecule has 1 saturated carbocycles. The summed E-state index contributed by atoms with van der Waals surface area (Å²) in [5.74, 6) is 0.526. The zero-order valence-corrected chi connectivity index (χ0v) is 11.6. The molecule has 106 valence electrons. The highest BCUT2D eigenvalue weighted by Gasteiger charge is 2.31. The molecule has 0 aromatic rings. The lowest BCUT2D eigenvalue weighted by Crippen LogP contribution is -2.53. The summed E-state index contributed by atoms with van der Waals surface area (Å²) >= 11 is 0. The molecule has 5 nitrogen and oxygen atoms in total. The summed E-state index contributed by atoms with van der Waals surface area (Å²) < 4.78 is 26.4. The van der Waals surface area contributed by atoms with Gasteiger partial charge in [-0.2, -0.15) is 0 Å². The molecule has 6 heteroatoms. The fraction of sp³-hybridized carbons (Fsp3) is 1.00. The van der Waals surface area contributed by atoms with Crippen LogP contribution in [0.25, 0.3) is 0 Å². The van der Waals surface area contributed by atoms with Gasteiger partial charge in [0.1, 0.15) is 0 Å². The Labute approximate surface area is 109 Å². The highest BCUT2D eigenvalue weighted by Crippen LogP contribution is 2.25. The standard InChI is InChI=1S/C12H24N2O3S/c15-12(6-3-7-13-9-12)10-14-18(16,17)8-11-4-1-2-5-11/h11,13-15H,1-10H2. The van der Waals surface area contributed by atoms with Crippen molar-refractivity contribution in [1.82, 2.24) is 10.0 Å². The van der Waals surface area contributed by atoms with Crippen LogP contribution in [0.15, 0.2) is 0 Å². The quantitative estimate of drug-likeness (QED) is 0.671. The van der Waals surface area contributed by atoms with Gasteiger partial charge in [0.15, 0.2) is 0 Å². The summed E-state index contributed by atoms with van der Waals surface area (Å²) in [6.45, 7) is 1.51. The Kier molecular flexibility index (Phi) is 4.64. The van der Waals surface area contributed by atoms with Crippen molar-refractivity contribution in [3.8, 4) is 0 Å². The molecule has 0 aromatic heterocycles. The zero-order valence-electron chi connectivity index (χ0n) is 10.8. The van der Waals surface area contributed by atoms with Gasteiger partial charge >= 0.3 is 0 Å². The third-order valence-corrected chi connectivity index (χ3v) is 5.50. The van der Waals surface area contributed by atoms with Crippen LogP contribution >= 0.6 is 0 Å². The van der Waals surface area contributed by atoms with Crippen LogP contribution in [0.5, 0.6) is 0 Å². The Morgan fingerprint density at radius 2 is 2.00 bits per heavy atom. The molecule has 2 fully saturated rings. The smallest absolute Gasteiger partial charge is 0.211 e. The summed E-state index contributed by atoms with van der Waals surface area (Å²) in [5.41, 5.74) is -0.916. The van der Waals surface area contributed by atoms with Gasteiger partial charge in [0.2, 0.25) is 10.0 Å². The van der Waals surface area contributed by atoms with Crippen molar-refractivity contribution in [2.45, 2.75) is 44.1 Å². The topological polar surface area (TPSA) is 78.4 Å². The normalized spacial score (nSPS) is 30.7. The van der Waals surface area contributed by atoms with Crippen LogP contribution < -0.4 is 10.0 Å². The number of nitrogens with one attached hydrogen (secondary N) is 2. The average molecular weight is 276 g/mol. The van der Waals surface area contributed by atoms with Gasteiger partial charge in [0, 0.05) is 13.1 Å². The molecular weight excluding hydrogens is 252 g/mol. The number of aliphatic hydroxyl groups is 1. The number of hydrogen-bond donors (Lipinski definition) is 3. The molecule has 1 atom stereocenters. The van der Waals surface area contributed by atoms with E-state index in [1.165, 1.54) is 0 Å². The van der Waals surface area contributed by atoms with E-state index in [0.29, 0.717) is 18.9 Å². The van der Waals surface area contributed by atoms with E-state index in [4.69, 9.17) is 0 Å². The van der Waals surface area contributed by atoms with E-state index < -0.39 is 15.6 Å². The number of rotatable bonds is 5. The molecule has 0 radical (unpaired) electrons. The van der Waals surface area contributed by atoms with Crippen molar-refractivity contribution in [3.05, 3.63) is 0 Å². The van der Waals surface area contributed by atoms with Crippen molar-refractivity contribution in [2.75, 3.05) is 25.4 Å². The number of piperidine rings is 1. The van der Waals surface area contributed by atoms with Crippen molar-refractivity contribution in [1.29, 1.82) is 0 Å². The minimum Gasteiger partial charge on any atom is -0.387 e. The van der Waals surface area contributed by atoms with Gasteiger partial charge in [0.05, 0.1) is 11.4 Å². The van der Waals surface area contributed by atoms with Gasteiger partial charge < -0.3 is 10.4 Å². The third-order valence-electron chi connectivity index (χ3n) is 4.00. The van der Waals surface area contributed by atoms with Crippen molar-refractivity contribution in [2.24, 2.45) is 5.92 Å². The van der Waals surface area contributed by atoms with Gasteiger partial charge in [-0.3, -0.25) is 0 Å². The molecule has 0 aromatic carbocycles. The number of sulfonamides is 1. The Bertz CT molecular complexity index is 358. The zero-order chi connectivity index (χ0) is 13.1. The van der Waals surface area contributed by atoms with Gasteiger partial charge in [-0.05, 0) is 38.1 Å². The Hall–Kier alpha value is -0.170. The Morgan fingerprint density at radius 3 is 2.61 bits per heavy atom. The summed E-state index contributed by atoms with van der Waals surface area (Å²) in [7, 11) is -3.24. The molecule has 2 aliphatic rings. The fourth-order valence-corrected chi connectivity index (χ4v) is 4.45. The summed E-state index contributed by atoms with van der Waals surface area (Å²) in [4.78, 5) is 0. The maximum atomic E-state index is 11.9. The van der Waals surface area contributed by atoms with E-state index in [1.54, 1.807) is 0 Å². The predicted octanol–water partition coefficient (Wildman–Crippen LogP) is 0.210. The fourth-order valence-electron chi connectivity index (χ4n) is 2.89. The minimum atomic E-state index is -3.24. The Morgan fingerprint density at radius 1 is 1.28 bits per heavy atom. The van der Waals surface area contributed by atoms with E-state index in [2.05, 4.69) is 10.0 Å². The first kappa shape index (κ1) is 14.2. The second kappa shape index (κ2) is 5.86. The number of hydrogen-bond acceptors (Lipinski definition) is 4. The Balaban J connectivity index is 1.80. The van der Waals surface area contributed by atoms with Crippen LogP contribution in [0.1, 0.15) is 38.5 Å². The monoisotopic (exact) mass is 276 g/mol. The van der Waals surface area contributed by atoms with E-state index in [0.717, 1.165) is 38.6 Å². The van der Waals surface area contributed by atoms with Gasteiger partial charge in [-0.15, -0.1) is 0 Å². The molecule has 1 unspecified atom stereocenters. The second-order valence-corrected chi connectivity index (χ2v) is 7.61. The molecule has 1 heterocycles. The van der Waals surface area contributed by atoms with Crippen LogP contribution in [0.2, 0.25) is 0 Å². The summed E-state index contributed by atoms with van der Waals surface area (Å²) in [5, 5.41) is 13.3. The first-order valence-electron chi connectivity index (χ1n) is 6.90. The van der Waals surface area contributed by atoms with Crippen molar-refractivity contribution in [3.63, 3.8) is 0 Å².